The molecule has 2 heteroatoms. The topological polar surface area (TPSA) is 37.3 Å². The van der Waals surface area contributed by atoms with Gasteiger partial charge >= 0.3 is 0 Å². The number of aldehydes is 1. The van der Waals surface area contributed by atoms with Gasteiger partial charge in [0, 0.05) is 5.92 Å². The van der Waals surface area contributed by atoms with E-state index in [1.54, 1.807) is 5.57 Å². The number of fused-ring (bicyclic) bond motifs is 5. The van der Waals surface area contributed by atoms with E-state index in [4.69, 9.17) is 0 Å². The molecular formula is C29H46O2. The summed E-state index contributed by atoms with van der Waals surface area (Å²) in [6.45, 7) is 16.4. The number of rotatable bonds is 6. The van der Waals surface area contributed by atoms with E-state index < -0.39 is 6.10 Å². The van der Waals surface area contributed by atoms with Gasteiger partial charge in [-0.1, -0.05) is 58.4 Å². The van der Waals surface area contributed by atoms with E-state index >= 15 is 0 Å². The Kier molecular flexibility index (Phi) is 6.36. The van der Waals surface area contributed by atoms with E-state index in [0.717, 1.165) is 43.3 Å². The van der Waals surface area contributed by atoms with Gasteiger partial charge in [-0.3, -0.25) is 0 Å². The van der Waals surface area contributed by atoms with Gasteiger partial charge in [0.05, 0.1) is 6.10 Å². The normalized spacial score (nSPS) is 45.3. The summed E-state index contributed by atoms with van der Waals surface area (Å²) in [7, 11) is 0. The summed E-state index contributed by atoms with van der Waals surface area (Å²) < 4.78 is 0. The summed E-state index contributed by atoms with van der Waals surface area (Å²) >= 11 is 0. The number of carbonyl (C=O) groups is 1. The zero-order valence-corrected chi connectivity index (χ0v) is 20.7. The van der Waals surface area contributed by atoms with Gasteiger partial charge in [0.15, 0.2) is 0 Å². The molecule has 174 valence electrons. The Morgan fingerprint density at radius 3 is 2.48 bits per heavy atom. The molecule has 31 heavy (non-hydrogen) atoms. The highest BCUT2D eigenvalue weighted by Gasteiger charge is 2.59. The fourth-order valence-electron chi connectivity index (χ4n) is 8.72. The minimum Gasteiger partial charge on any atom is -0.392 e. The lowest BCUT2D eigenvalue weighted by atomic mass is 9.46. The van der Waals surface area contributed by atoms with E-state index in [1.807, 2.05) is 0 Å². The largest absolute Gasteiger partial charge is 0.392 e. The average Bonchev–Trinajstić information content (AvgIpc) is 3.09. The fourth-order valence-corrected chi connectivity index (χ4v) is 8.72. The highest BCUT2D eigenvalue weighted by Crippen LogP contribution is 2.67. The smallest absolute Gasteiger partial charge is 0.125 e. The van der Waals surface area contributed by atoms with Crippen LogP contribution in [-0.2, 0) is 4.79 Å². The molecule has 0 unspecified atom stereocenters. The molecule has 4 aliphatic rings. The number of allylic oxidation sites excluding steroid dienone is 3. The minimum atomic E-state index is -0.434. The Bertz CT molecular complexity index is 735. The Morgan fingerprint density at radius 2 is 1.81 bits per heavy atom. The zero-order valence-electron chi connectivity index (χ0n) is 20.7. The van der Waals surface area contributed by atoms with Crippen molar-refractivity contribution in [2.75, 3.05) is 0 Å². The zero-order chi connectivity index (χ0) is 22.6. The fraction of sp³-hybridized carbons (Fsp3) is 0.828. The van der Waals surface area contributed by atoms with Crippen molar-refractivity contribution in [2.45, 2.75) is 98.5 Å². The Hall–Kier alpha value is -0.890. The summed E-state index contributed by atoms with van der Waals surface area (Å²) in [5.41, 5.74) is 3.78. The van der Waals surface area contributed by atoms with Crippen LogP contribution in [0.5, 0.6) is 0 Å². The van der Waals surface area contributed by atoms with Crippen molar-refractivity contribution >= 4 is 6.29 Å². The molecule has 2 nitrogen and oxygen atoms in total. The summed E-state index contributed by atoms with van der Waals surface area (Å²) in [4.78, 5) is 11.8. The third-order valence-electron chi connectivity index (χ3n) is 10.9. The van der Waals surface area contributed by atoms with Crippen molar-refractivity contribution in [3.05, 3.63) is 23.8 Å². The molecule has 0 saturated heterocycles. The first-order valence-electron chi connectivity index (χ1n) is 13.1. The van der Waals surface area contributed by atoms with Crippen LogP contribution in [0.2, 0.25) is 0 Å². The van der Waals surface area contributed by atoms with Crippen molar-refractivity contribution in [3.63, 3.8) is 0 Å². The van der Waals surface area contributed by atoms with E-state index in [2.05, 4.69) is 47.3 Å². The molecule has 0 aromatic carbocycles. The number of hydrogen-bond donors (Lipinski definition) is 1. The predicted octanol–water partition coefficient (Wildman–Crippen LogP) is 6.98. The lowest BCUT2D eigenvalue weighted by Crippen LogP contribution is -2.53. The molecule has 0 aliphatic heterocycles. The summed E-state index contributed by atoms with van der Waals surface area (Å²) in [6, 6.07) is 0. The SMILES string of the molecule is C=C(CC[C@@H](C)[C@H]1CC[C@H]2C3=CC[C@H]4[C@H](C=O)[C@@H](O)CC[C@]4(C)[C@H]3CC[C@]12C)C(C)C. The molecular weight excluding hydrogens is 380 g/mol. The molecule has 0 spiro atoms. The van der Waals surface area contributed by atoms with Crippen LogP contribution in [0, 0.1) is 52.3 Å². The van der Waals surface area contributed by atoms with Gasteiger partial charge in [0.25, 0.3) is 0 Å². The van der Waals surface area contributed by atoms with Crippen LogP contribution in [0.15, 0.2) is 23.8 Å². The Morgan fingerprint density at radius 1 is 1.13 bits per heavy atom. The van der Waals surface area contributed by atoms with Crippen LogP contribution in [-0.4, -0.2) is 17.5 Å². The molecule has 0 radical (unpaired) electrons. The number of carbonyl (C=O) groups excluding carboxylic acids is 1. The van der Waals surface area contributed by atoms with Gasteiger partial charge in [-0.15, -0.1) is 0 Å². The van der Waals surface area contributed by atoms with Crippen molar-refractivity contribution in [1.82, 2.24) is 0 Å². The standard InChI is InChI=1S/C29H46O2/c1-18(2)19(3)7-8-20(4)23-11-12-24-21-9-10-25-22(17-30)27(31)14-16-29(25,6)26(21)13-15-28(23,24)5/h9,17-18,20,22-27,31H,3,7-8,10-16H2,1-2,4-6H3/t20-,22+,23-,24+,25+,26+,27+,28-,29+/m1/s1. The first-order valence-corrected chi connectivity index (χ1v) is 13.1. The monoisotopic (exact) mass is 426 g/mol. The molecule has 0 amide bonds. The molecule has 1 N–H and O–H groups in total. The van der Waals surface area contributed by atoms with Gasteiger partial charge in [-0.25, -0.2) is 0 Å². The number of aliphatic hydroxyl groups excluding tert-OH is 1. The van der Waals surface area contributed by atoms with Gasteiger partial charge in [-0.2, -0.15) is 0 Å². The molecule has 3 saturated carbocycles. The summed E-state index contributed by atoms with van der Waals surface area (Å²) in [5, 5.41) is 10.5. The highest BCUT2D eigenvalue weighted by atomic mass is 16.3. The second kappa shape index (κ2) is 8.47. The van der Waals surface area contributed by atoms with Crippen molar-refractivity contribution < 1.29 is 9.90 Å². The van der Waals surface area contributed by atoms with Crippen LogP contribution in [0.1, 0.15) is 92.4 Å². The van der Waals surface area contributed by atoms with E-state index in [9.17, 15) is 9.90 Å². The molecule has 0 aromatic rings. The lowest BCUT2D eigenvalue weighted by Gasteiger charge is -2.59. The van der Waals surface area contributed by atoms with Crippen LogP contribution < -0.4 is 0 Å². The maximum atomic E-state index is 11.8. The van der Waals surface area contributed by atoms with Gasteiger partial charge in [-0.05, 0) is 104 Å². The molecule has 3 fully saturated rings. The number of hydrogen-bond acceptors (Lipinski definition) is 2. The van der Waals surface area contributed by atoms with Crippen molar-refractivity contribution in [3.8, 4) is 0 Å². The van der Waals surface area contributed by atoms with Crippen LogP contribution >= 0.6 is 0 Å². The molecule has 0 bridgehead atoms. The molecule has 4 aliphatic carbocycles. The third kappa shape index (κ3) is 3.69. The second-order valence-corrected chi connectivity index (χ2v) is 12.5. The van der Waals surface area contributed by atoms with Crippen LogP contribution in [0.4, 0.5) is 0 Å². The van der Waals surface area contributed by atoms with E-state index in [1.165, 1.54) is 44.1 Å². The van der Waals surface area contributed by atoms with E-state index in [0.29, 0.717) is 23.2 Å². The molecule has 4 rings (SSSR count). The third-order valence-corrected chi connectivity index (χ3v) is 10.9. The summed E-state index contributed by atoms with van der Waals surface area (Å²) in [6.07, 6.45) is 13.8. The maximum Gasteiger partial charge on any atom is 0.125 e. The minimum absolute atomic E-state index is 0.171. The maximum absolute atomic E-state index is 11.8. The van der Waals surface area contributed by atoms with Crippen LogP contribution in [0.25, 0.3) is 0 Å². The molecule has 0 aromatic heterocycles. The predicted molar refractivity (Wildman–Crippen MR) is 129 cm³/mol. The Balaban J connectivity index is 1.53. The first-order chi connectivity index (χ1) is 14.6. The highest BCUT2D eigenvalue weighted by molar-refractivity contribution is 5.56. The lowest BCUT2D eigenvalue weighted by molar-refractivity contribution is -0.129. The van der Waals surface area contributed by atoms with Gasteiger partial charge < -0.3 is 9.90 Å². The van der Waals surface area contributed by atoms with Gasteiger partial charge in [0.1, 0.15) is 6.29 Å². The summed E-state index contributed by atoms with van der Waals surface area (Å²) in [5.74, 6) is 3.68. The Labute approximate surface area is 191 Å². The van der Waals surface area contributed by atoms with Crippen LogP contribution in [0.3, 0.4) is 0 Å². The van der Waals surface area contributed by atoms with Crippen molar-refractivity contribution in [2.24, 2.45) is 52.3 Å². The quantitative estimate of drug-likeness (QED) is 0.367. The molecule has 0 heterocycles. The average molecular weight is 427 g/mol. The molecule has 9 atom stereocenters. The second-order valence-electron chi connectivity index (χ2n) is 12.5. The first kappa shape index (κ1) is 23.3. The van der Waals surface area contributed by atoms with Crippen molar-refractivity contribution in [1.29, 1.82) is 0 Å². The van der Waals surface area contributed by atoms with Gasteiger partial charge in [0.2, 0.25) is 0 Å². The number of aliphatic hydroxyl groups is 1. The van der Waals surface area contributed by atoms with E-state index in [-0.39, 0.29) is 11.3 Å².